The number of aromatic nitrogens is 3. The molecule has 0 N–H and O–H groups in total. The Balaban J connectivity index is 1.98. The maximum atomic E-state index is 13.5. The molecule has 23 heavy (non-hydrogen) atoms. The van der Waals surface area contributed by atoms with Gasteiger partial charge in [-0.3, -0.25) is 0 Å². The zero-order chi connectivity index (χ0) is 16.4. The lowest BCUT2D eigenvalue weighted by Crippen LogP contribution is -2.25. The van der Waals surface area contributed by atoms with Crippen molar-refractivity contribution in [1.29, 1.82) is 0 Å². The number of halogens is 3. The minimum absolute atomic E-state index is 0.147. The van der Waals surface area contributed by atoms with Gasteiger partial charge in [-0.15, -0.1) is 11.3 Å². The molecule has 0 bridgehead atoms. The molecule has 0 amide bonds. The molecule has 1 aliphatic rings. The van der Waals surface area contributed by atoms with Crippen LogP contribution in [0.3, 0.4) is 0 Å². The number of pyridine rings is 1. The Hall–Kier alpha value is -1.60. The van der Waals surface area contributed by atoms with Gasteiger partial charge in [0.15, 0.2) is 0 Å². The van der Waals surface area contributed by atoms with Crippen molar-refractivity contribution >= 4 is 49.2 Å². The van der Waals surface area contributed by atoms with Crippen LogP contribution in [0.25, 0.3) is 20.4 Å². The van der Waals surface area contributed by atoms with Gasteiger partial charge in [-0.25, -0.2) is 23.7 Å². The summed E-state index contributed by atoms with van der Waals surface area (Å²) in [4.78, 5) is 15.6. The molecule has 3 aromatic heterocycles. The number of fused-ring (bicyclic) bond motifs is 3. The van der Waals surface area contributed by atoms with Crippen LogP contribution in [0.4, 0.5) is 14.6 Å². The van der Waals surface area contributed by atoms with E-state index in [2.05, 4.69) is 15.0 Å². The van der Waals surface area contributed by atoms with Crippen molar-refractivity contribution in [2.75, 3.05) is 18.0 Å². The molecule has 3 aromatic rings. The fraction of sp³-hybridized carbons (Fsp3) is 0.400. The molecule has 120 valence electrons. The largest absolute Gasteiger partial charge is 0.349 e. The van der Waals surface area contributed by atoms with E-state index in [9.17, 15) is 8.78 Å². The van der Waals surface area contributed by atoms with E-state index in [0.717, 1.165) is 31.7 Å². The van der Waals surface area contributed by atoms with Crippen molar-refractivity contribution in [2.24, 2.45) is 0 Å². The number of nitrogens with zero attached hydrogens (tertiary/aromatic N) is 4. The van der Waals surface area contributed by atoms with Gasteiger partial charge in [-0.1, -0.05) is 11.6 Å². The van der Waals surface area contributed by atoms with Crippen molar-refractivity contribution in [3.63, 3.8) is 0 Å². The third-order valence-corrected chi connectivity index (χ3v) is 5.82. The van der Waals surface area contributed by atoms with Gasteiger partial charge in [0, 0.05) is 18.4 Å². The van der Waals surface area contributed by atoms with E-state index in [1.165, 1.54) is 17.7 Å². The molecule has 0 atom stereocenters. The highest BCUT2D eigenvalue weighted by Crippen LogP contribution is 2.41. The molecular formula is C15H13ClF2N4S. The monoisotopic (exact) mass is 354 g/mol. The number of anilines is 1. The minimum atomic E-state index is -2.66. The molecule has 1 saturated heterocycles. The number of thiophene rings is 1. The topological polar surface area (TPSA) is 41.9 Å². The lowest BCUT2D eigenvalue weighted by Gasteiger charge is -2.17. The van der Waals surface area contributed by atoms with Crippen LogP contribution in [0.1, 0.15) is 17.7 Å². The van der Waals surface area contributed by atoms with Crippen LogP contribution in [-0.2, 0) is 0 Å². The lowest BCUT2D eigenvalue weighted by molar-refractivity contribution is 0.0257. The SMILES string of the molecule is Cc1nc2sc3c(N4CCC(F)(F)C4)ncnc3c2c(C)c1Cl. The van der Waals surface area contributed by atoms with Gasteiger partial charge in [0.1, 0.15) is 17.0 Å². The predicted octanol–water partition coefficient (Wildman–Crippen LogP) is 4.36. The summed E-state index contributed by atoms with van der Waals surface area (Å²) in [6.45, 7) is 3.77. The first kappa shape index (κ1) is 15.0. The first-order valence-electron chi connectivity index (χ1n) is 7.20. The number of hydrogen-bond donors (Lipinski definition) is 0. The lowest BCUT2D eigenvalue weighted by atomic mass is 10.1. The van der Waals surface area contributed by atoms with Gasteiger partial charge < -0.3 is 4.90 Å². The summed E-state index contributed by atoms with van der Waals surface area (Å²) in [5.74, 6) is -2.11. The molecule has 4 heterocycles. The Morgan fingerprint density at radius 2 is 2.09 bits per heavy atom. The Kier molecular flexibility index (Phi) is 3.22. The van der Waals surface area contributed by atoms with Crippen molar-refractivity contribution in [3.05, 3.63) is 22.6 Å². The van der Waals surface area contributed by atoms with Crippen LogP contribution in [0.5, 0.6) is 0 Å². The Morgan fingerprint density at radius 1 is 1.30 bits per heavy atom. The number of aryl methyl sites for hydroxylation is 2. The molecule has 0 radical (unpaired) electrons. The molecule has 8 heteroatoms. The molecule has 1 fully saturated rings. The zero-order valence-electron chi connectivity index (χ0n) is 12.5. The fourth-order valence-electron chi connectivity index (χ4n) is 3.03. The highest BCUT2D eigenvalue weighted by Gasteiger charge is 2.39. The quantitative estimate of drug-likeness (QED) is 0.651. The minimum Gasteiger partial charge on any atom is -0.349 e. The van der Waals surface area contributed by atoms with Gasteiger partial charge >= 0.3 is 0 Å². The summed E-state index contributed by atoms with van der Waals surface area (Å²) in [5, 5.41) is 1.50. The molecule has 0 aliphatic carbocycles. The molecular weight excluding hydrogens is 342 g/mol. The summed E-state index contributed by atoms with van der Waals surface area (Å²) in [6.07, 6.45) is 1.28. The van der Waals surface area contributed by atoms with Crippen LogP contribution < -0.4 is 4.90 Å². The normalized spacial score (nSPS) is 17.5. The first-order valence-corrected chi connectivity index (χ1v) is 8.39. The summed E-state index contributed by atoms with van der Waals surface area (Å²) >= 11 is 7.74. The summed E-state index contributed by atoms with van der Waals surface area (Å²) in [7, 11) is 0. The predicted molar refractivity (Wildman–Crippen MR) is 89.0 cm³/mol. The molecule has 1 aliphatic heterocycles. The number of hydrogen-bond acceptors (Lipinski definition) is 5. The third kappa shape index (κ3) is 2.25. The average molecular weight is 355 g/mol. The van der Waals surface area contributed by atoms with E-state index in [0.29, 0.717) is 17.4 Å². The second-order valence-corrected chi connectivity index (χ2v) is 7.20. The van der Waals surface area contributed by atoms with Crippen LogP contribution >= 0.6 is 22.9 Å². The number of rotatable bonds is 1. The van der Waals surface area contributed by atoms with Gasteiger partial charge in [-0.05, 0) is 19.4 Å². The molecule has 0 aromatic carbocycles. The first-order chi connectivity index (χ1) is 10.9. The second-order valence-electron chi connectivity index (χ2n) is 5.82. The summed E-state index contributed by atoms with van der Waals surface area (Å²) < 4.78 is 27.9. The van der Waals surface area contributed by atoms with Crippen molar-refractivity contribution in [3.8, 4) is 0 Å². The van der Waals surface area contributed by atoms with Crippen molar-refractivity contribution in [2.45, 2.75) is 26.2 Å². The zero-order valence-corrected chi connectivity index (χ0v) is 14.1. The fourth-order valence-corrected chi connectivity index (χ4v) is 4.42. The van der Waals surface area contributed by atoms with Crippen LogP contribution in [0.15, 0.2) is 6.33 Å². The van der Waals surface area contributed by atoms with E-state index >= 15 is 0 Å². The summed E-state index contributed by atoms with van der Waals surface area (Å²) in [6, 6.07) is 0. The highest BCUT2D eigenvalue weighted by molar-refractivity contribution is 7.26. The van der Waals surface area contributed by atoms with Crippen LogP contribution in [0.2, 0.25) is 5.02 Å². The summed E-state index contributed by atoms with van der Waals surface area (Å²) in [5.41, 5.74) is 2.40. The molecule has 4 rings (SSSR count). The maximum Gasteiger partial charge on any atom is 0.266 e. The van der Waals surface area contributed by atoms with E-state index in [1.54, 1.807) is 4.90 Å². The second kappa shape index (κ2) is 4.95. The average Bonchev–Trinajstić information content (AvgIpc) is 3.04. The van der Waals surface area contributed by atoms with Crippen molar-refractivity contribution < 1.29 is 8.78 Å². The molecule has 0 unspecified atom stereocenters. The smallest absolute Gasteiger partial charge is 0.266 e. The van der Waals surface area contributed by atoms with E-state index in [-0.39, 0.29) is 13.0 Å². The maximum absolute atomic E-state index is 13.5. The Labute approximate surface area is 140 Å². The van der Waals surface area contributed by atoms with Crippen LogP contribution in [0, 0.1) is 13.8 Å². The van der Waals surface area contributed by atoms with E-state index in [4.69, 9.17) is 11.6 Å². The Bertz CT molecular complexity index is 940. The molecule has 0 saturated carbocycles. The van der Waals surface area contributed by atoms with Gasteiger partial charge in [0.2, 0.25) is 0 Å². The van der Waals surface area contributed by atoms with Gasteiger partial charge in [0.25, 0.3) is 5.92 Å². The standard InChI is InChI=1S/C15H13ClF2N4S/c1-7-9-11-12(23-14(9)21-8(2)10(7)16)13(20-6-19-11)22-4-3-15(17,18)5-22/h6H,3-5H2,1-2H3. The van der Waals surface area contributed by atoms with E-state index in [1.807, 2.05) is 13.8 Å². The van der Waals surface area contributed by atoms with Crippen molar-refractivity contribution in [1.82, 2.24) is 15.0 Å². The Morgan fingerprint density at radius 3 is 2.78 bits per heavy atom. The van der Waals surface area contributed by atoms with Gasteiger partial charge in [-0.2, -0.15) is 0 Å². The third-order valence-electron chi connectivity index (χ3n) is 4.19. The highest BCUT2D eigenvalue weighted by atomic mass is 35.5. The number of alkyl halides is 2. The molecule has 0 spiro atoms. The van der Waals surface area contributed by atoms with E-state index < -0.39 is 5.92 Å². The van der Waals surface area contributed by atoms with Crippen LogP contribution in [-0.4, -0.2) is 34.0 Å². The van der Waals surface area contributed by atoms with Gasteiger partial charge in [0.05, 0.1) is 27.5 Å². The molecule has 4 nitrogen and oxygen atoms in total.